The maximum absolute atomic E-state index is 12.0. The minimum absolute atomic E-state index is 0.168. The van der Waals surface area contributed by atoms with Gasteiger partial charge in [-0.1, -0.05) is 0 Å². The molecule has 0 fully saturated rings. The van der Waals surface area contributed by atoms with Gasteiger partial charge in [0.15, 0.2) is 0 Å². The number of carbonyl (C=O) groups excluding carboxylic acids is 1. The fraction of sp³-hybridized carbons (Fsp3) is 0.273. The first kappa shape index (κ1) is 14.7. The van der Waals surface area contributed by atoms with Crippen LogP contribution in [-0.4, -0.2) is 31.6 Å². The lowest BCUT2D eigenvalue weighted by Crippen LogP contribution is -2.27. The van der Waals surface area contributed by atoms with E-state index in [1.165, 1.54) is 11.3 Å². The monoisotopic (exact) mass is 314 g/mol. The van der Waals surface area contributed by atoms with Gasteiger partial charge in [0.25, 0.3) is 5.91 Å². The number of nitrogen functional groups attached to an aromatic ring is 1. The Bertz CT molecular complexity index is 739. The zero-order valence-electron chi connectivity index (χ0n) is 10.5. The highest BCUT2D eigenvalue weighted by atomic mass is 32.2. The van der Waals surface area contributed by atoms with Crippen LogP contribution in [0.25, 0.3) is 10.1 Å². The fourth-order valence-electron chi connectivity index (χ4n) is 1.70. The highest BCUT2D eigenvalue weighted by Crippen LogP contribution is 2.32. The standard InChI is InChI=1S/C11H14N4O3S2/c12-9-7-2-4-14-6-8(7)19-10(9)11(16)15-3-1-5-20(13,17)18/h2,4,6H,1,3,5,12H2,(H,15,16)(H2,13,17,18). The largest absolute Gasteiger partial charge is 0.397 e. The predicted octanol–water partition coefficient (Wildman–Crippen LogP) is 0.287. The number of carbonyl (C=O) groups is 1. The third-order valence-electron chi connectivity index (χ3n) is 2.63. The van der Waals surface area contributed by atoms with Crippen LogP contribution in [0, 0.1) is 0 Å². The van der Waals surface area contributed by atoms with Gasteiger partial charge in [-0.05, 0) is 12.5 Å². The number of rotatable bonds is 5. The van der Waals surface area contributed by atoms with Crippen LogP contribution in [0.5, 0.6) is 0 Å². The number of sulfonamides is 1. The number of nitrogens with two attached hydrogens (primary N) is 2. The molecular formula is C11H14N4O3S2. The second kappa shape index (κ2) is 5.73. The molecule has 0 saturated carbocycles. The van der Waals surface area contributed by atoms with Crippen molar-refractivity contribution in [2.45, 2.75) is 6.42 Å². The Labute approximate surface area is 120 Å². The average molecular weight is 314 g/mol. The lowest BCUT2D eigenvalue weighted by Gasteiger charge is -2.03. The summed E-state index contributed by atoms with van der Waals surface area (Å²) in [5.74, 6) is -0.489. The number of primary sulfonamides is 1. The number of amides is 1. The molecule has 0 atom stereocenters. The molecule has 2 heterocycles. The topological polar surface area (TPSA) is 128 Å². The van der Waals surface area contributed by atoms with Gasteiger partial charge >= 0.3 is 0 Å². The Morgan fingerprint density at radius 3 is 2.85 bits per heavy atom. The summed E-state index contributed by atoms with van der Waals surface area (Å²) in [7, 11) is -3.50. The summed E-state index contributed by atoms with van der Waals surface area (Å²) < 4.78 is 22.3. The smallest absolute Gasteiger partial charge is 0.263 e. The Morgan fingerprint density at radius 2 is 2.20 bits per heavy atom. The summed E-state index contributed by atoms with van der Waals surface area (Å²) in [5.41, 5.74) is 6.33. The SMILES string of the molecule is Nc1c(C(=O)NCCCS(N)(=O)=O)sc2cnccc12. The van der Waals surface area contributed by atoms with Gasteiger partial charge in [0, 0.05) is 24.3 Å². The molecule has 2 aromatic rings. The average Bonchev–Trinajstić information content (AvgIpc) is 2.72. The molecule has 2 rings (SSSR count). The van der Waals surface area contributed by atoms with Crippen LogP contribution < -0.4 is 16.2 Å². The number of nitrogens with zero attached hydrogens (tertiary/aromatic N) is 1. The Hall–Kier alpha value is -1.71. The first-order chi connectivity index (χ1) is 9.38. The number of hydrogen-bond acceptors (Lipinski definition) is 6. The Balaban J connectivity index is 2.03. The van der Waals surface area contributed by atoms with Crippen molar-refractivity contribution >= 4 is 43.0 Å². The van der Waals surface area contributed by atoms with Gasteiger partial charge < -0.3 is 11.1 Å². The molecule has 20 heavy (non-hydrogen) atoms. The minimum atomic E-state index is -3.50. The zero-order chi connectivity index (χ0) is 14.8. The van der Waals surface area contributed by atoms with E-state index in [0.29, 0.717) is 10.6 Å². The van der Waals surface area contributed by atoms with Crippen molar-refractivity contribution < 1.29 is 13.2 Å². The van der Waals surface area contributed by atoms with Crippen LogP contribution >= 0.6 is 11.3 Å². The van der Waals surface area contributed by atoms with Crippen LogP contribution in [0.15, 0.2) is 18.5 Å². The molecule has 9 heteroatoms. The van der Waals surface area contributed by atoms with Gasteiger partial charge in [0.2, 0.25) is 10.0 Å². The van der Waals surface area contributed by atoms with Gasteiger partial charge in [-0.3, -0.25) is 9.78 Å². The van der Waals surface area contributed by atoms with Crippen molar-refractivity contribution in [3.05, 3.63) is 23.3 Å². The number of aromatic nitrogens is 1. The van der Waals surface area contributed by atoms with Gasteiger partial charge in [0.05, 0.1) is 16.1 Å². The normalized spacial score (nSPS) is 11.7. The molecular weight excluding hydrogens is 300 g/mol. The van der Waals surface area contributed by atoms with Crippen LogP contribution in [0.1, 0.15) is 16.1 Å². The summed E-state index contributed by atoms with van der Waals surface area (Å²) in [6.07, 6.45) is 3.52. The van der Waals surface area contributed by atoms with Crippen LogP contribution in [-0.2, 0) is 10.0 Å². The molecule has 7 nitrogen and oxygen atoms in total. The molecule has 108 valence electrons. The fourth-order valence-corrected chi connectivity index (χ4v) is 3.25. The van der Waals surface area contributed by atoms with Gasteiger partial charge in [0.1, 0.15) is 4.88 Å². The van der Waals surface area contributed by atoms with Crippen molar-refractivity contribution in [2.24, 2.45) is 5.14 Å². The zero-order valence-corrected chi connectivity index (χ0v) is 12.1. The van der Waals surface area contributed by atoms with E-state index in [4.69, 9.17) is 10.9 Å². The van der Waals surface area contributed by atoms with Crippen LogP contribution in [0.3, 0.4) is 0 Å². The van der Waals surface area contributed by atoms with Crippen molar-refractivity contribution in [2.75, 3.05) is 18.0 Å². The molecule has 5 N–H and O–H groups in total. The number of thiophene rings is 1. The molecule has 0 radical (unpaired) electrons. The second-order valence-corrected chi connectivity index (χ2v) is 6.98. The number of anilines is 1. The summed E-state index contributed by atoms with van der Waals surface area (Å²) in [4.78, 5) is 16.4. The number of pyridine rings is 1. The van der Waals surface area contributed by atoms with E-state index in [1.807, 2.05) is 0 Å². The molecule has 0 aliphatic carbocycles. The highest BCUT2D eigenvalue weighted by Gasteiger charge is 2.16. The first-order valence-corrected chi connectivity index (χ1v) is 8.32. The summed E-state index contributed by atoms with van der Waals surface area (Å²) in [5, 5.41) is 8.29. The van der Waals surface area contributed by atoms with Crippen molar-refractivity contribution in [1.29, 1.82) is 0 Å². The molecule has 2 aromatic heterocycles. The van der Waals surface area contributed by atoms with E-state index >= 15 is 0 Å². The molecule has 0 unspecified atom stereocenters. The van der Waals surface area contributed by atoms with E-state index in [0.717, 1.165) is 10.1 Å². The predicted molar refractivity (Wildman–Crippen MR) is 79.0 cm³/mol. The van der Waals surface area contributed by atoms with E-state index in [9.17, 15) is 13.2 Å². The molecule has 1 amide bonds. The van der Waals surface area contributed by atoms with Crippen molar-refractivity contribution in [3.63, 3.8) is 0 Å². The van der Waals surface area contributed by atoms with Crippen molar-refractivity contribution in [3.8, 4) is 0 Å². The van der Waals surface area contributed by atoms with E-state index in [2.05, 4.69) is 10.3 Å². The molecule has 0 spiro atoms. The summed E-state index contributed by atoms with van der Waals surface area (Å²) >= 11 is 1.25. The number of hydrogen-bond donors (Lipinski definition) is 3. The lowest BCUT2D eigenvalue weighted by atomic mass is 10.2. The van der Waals surface area contributed by atoms with Gasteiger partial charge in [-0.15, -0.1) is 11.3 Å². The Morgan fingerprint density at radius 1 is 1.45 bits per heavy atom. The molecule has 0 aliphatic rings. The van der Waals surface area contributed by atoms with Crippen molar-refractivity contribution in [1.82, 2.24) is 10.3 Å². The van der Waals surface area contributed by atoms with Gasteiger partial charge in [-0.25, -0.2) is 13.6 Å². The molecule has 0 saturated heterocycles. The minimum Gasteiger partial charge on any atom is -0.397 e. The molecule has 0 aromatic carbocycles. The van der Waals surface area contributed by atoms with Crippen LogP contribution in [0.2, 0.25) is 0 Å². The number of nitrogens with one attached hydrogen (secondary N) is 1. The Kier molecular flexibility index (Phi) is 4.21. The maximum Gasteiger partial charge on any atom is 0.263 e. The van der Waals surface area contributed by atoms with Gasteiger partial charge in [-0.2, -0.15) is 0 Å². The second-order valence-electron chi connectivity index (χ2n) is 4.19. The van der Waals surface area contributed by atoms with Crippen LogP contribution in [0.4, 0.5) is 5.69 Å². The first-order valence-electron chi connectivity index (χ1n) is 5.79. The van der Waals surface area contributed by atoms with E-state index in [1.54, 1.807) is 18.5 Å². The number of fused-ring (bicyclic) bond motifs is 1. The summed E-state index contributed by atoms with van der Waals surface area (Å²) in [6, 6.07) is 1.75. The summed E-state index contributed by atoms with van der Waals surface area (Å²) in [6.45, 7) is 0.223. The third-order valence-corrected chi connectivity index (χ3v) is 4.64. The van der Waals surface area contributed by atoms with E-state index in [-0.39, 0.29) is 24.6 Å². The molecule has 0 aliphatic heterocycles. The highest BCUT2D eigenvalue weighted by molar-refractivity contribution is 7.89. The quantitative estimate of drug-likeness (QED) is 0.683. The molecule has 0 bridgehead atoms. The lowest BCUT2D eigenvalue weighted by molar-refractivity contribution is 0.0958. The van der Waals surface area contributed by atoms with E-state index < -0.39 is 10.0 Å². The third kappa shape index (κ3) is 3.44. The maximum atomic E-state index is 12.0.